The molecule has 1 aliphatic heterocycles. The summed E-state index contributed by atoms with van der Waals surface area (Å²) in [4.78, 5) is 4.14. The molecule has 2 aromatic rings. The van der Waals surface area contributed by atoms with Gasteiger partial charge in [-0.1, -0.05) is 43.6 Å². The first-order valence-electron chi connectivity index (χ1n) is 6.98. The highest BCUT2D eigenvalue weighted by atomic mass is 35.5. The Hall–Kier alpha value is -1.36. The molecule has 0 bridgehead atoms. The molecule has 21 heavy (non-hydrogen) atoms. The van der Waals surface area contributed by atoms with Crippen LogP contribution in [-0.4, -0.2) is 25.3 Å². The van der Waals surface area contributed by atoms with Crippen LogP contribution in [0.5, 0.6) is 0 Å². The molecule has 0 aliphatic carbocycles. The minimum absolute atomic E-state index is 0.0646. The molecule has 0 N–H and O–H groups in total. The van der Waals surface area contributed by atoms with Gasteiger partial charge in [0.1, 0.15) is 0 Å². The summed E-state index contributed by atoms with van der Waals surface area (Å²) in [6.07, 6.45) is 3.55. The highest BCUT2D eigenvalue weighted by Gasteiger charge is 2.33. The molecule has 0 radical (unpaired) electrons. The van der Waals surface area contributed by atoms with Gasteiger partial charge in [-0.25, -0.2) is 0 Å². The number of pyridine rings is 1. The number of rotatable bonds is 2. The fourth-order valence-electron chi connectivity index (χ4n) is 2.32. The summed E-state index contributed by atoms with van der Waals surface area (Å²) in [6, 6.07) is 9.73. The first kappa shape index (κ1) is 14.6. The van der Waals surface area contributed by atoms with E-state index in [0.717, 1.165) is 16.6 Å². The quantitative estimate of drug-likeness (QED) is 0.798. The Balaban J connectivity index is 1.88. The van der Waals surface area contributed by atoms with Crippen molar-refractivity contribution >= 4 is 24.2 Å². The predicted octanol–water partition coefficient (Wildman–Crippen LogP) is 3.17. The zero-order chi connectivity index (χ0) is 14.9. The molecule has 0 saturated carbocycles. The molecule has 1 aromatic heterocycles. The van der Waals surface area contributed by atoms with Crippen molar-refractivity contribution in [3.8, 4) is 11.1 Å². The summed E-state index contributed by atoms with van der Waals surface area (Å²) >= 11 is 6.31. The van der Waals surface area contributed by atoms with Crippen molar-refractivity contribution in [2.75, 3.05) is 13.2 Å². The van der Waals surface area contributed by atoms with E-state index in [-0.39, 0.29) is 12.5 Å². The van der Waals surface area contributed by atoms with Crippen LogP contribution >= 0.6 is 11.6 Å². The molecule has 2 heterocycles. The summed E-state index contributed by atoms with van der Waals surface area (Å²) < 4.78 is 11.7. The van der Waals surface area contributed by atoms with Gasteiger partial charge in [0.15, 0.2) is 0 Å². The van der Waals surface area contributed by atoms with Crippen molar-refractivity contribution < 1.29 is 9.31 Å². The van der Waals surface area contributed by atoms with Crippen LogP contribution in [0.4, 0.5) is 0 Å². The van der Waals surface area contributed by atoms with Crippen molar-refractivity contribution in [2.45, 2.75) is 13.8 Å². The second kappa shape index (κ2) is 5.80. The van der Waals surface area contributed by atoms with Crippen LogP contribution in [0.2, 0.25) is 5.02 Å². The van der Waals surface area contributed by atoms with Crippen LogP contribution < -0.4 is 5.46 Å². The zero-order valence-electron chi connectivity index (χ0n) is 12.2. The molecule has 0 amide bonds. The number of benzene rings is 1. The number of hydrogen-bond donors (Lipinski definition) is 0. The third kappa shape index (κ3) is 3.29. The number of halogens is 1. The molecule has 3 nitrogen and oxygen atoms in total. The second-order valence-corrected chi connectivity index (χ2v) is 6.51. The molecular weight excluding hydrogens is 284 g/mol. The largest absolute Gasteiger partial charge is 0.493 e. The van der Waals surface area contributed by atoms with Crippen molar-refractivity contribution in [1.29, 1.82) is 0 Å². The molecule has 3 rings (SSSR count). The van der Waals surface area contributed by atoms with Crippen molar-refractivity contribution in [3.05, 3.63) is 47.7 Å². The van der Waals surface area contributed by atoms with E-state index in [2.05, 4.69) is 18.8 Å². The van der Waals surface area contributed by atoms with E-state index in [1.807, 2.05) is 30.3 Å². The summed E-state index contributed by atoms with van der Waals surface area (Å²) in [5.41, 5.74) is 2.98. The summed E-state index contributed by atoms with van der Waals surface area (Å²) in [7, 11) is -0.328. The van der Waals surface area contributed by atoms with E-state index in [9.17, 15) is 0 Å². The Kier molecular flexibility index (Phi) is 4.02. The first-order chi connectivity index (χ1) is 10.1. The van der Waals surface area contributed by atoms with Gasteiger partial charge >= 0.3 is 7.12 Å². The molecule has 0 unspecified atom stereocenters. The topological polar surface area (TPSA) is 31.4 Å². The molecule has 0 spiro atoms. The van der Waals surface area contributed by atoms with Gasteiger partial charge in [0, 0.05) is 47.2 Å². The Labute approximate surface area is 130 Å². The molecule has 1 fully saturated rings. The Bertz CT molecular complexity index is 623. The predicted molar refractivity (Wildman–Crippen MR) is 85.8 cm³/mol. The smallest absolute Gasteiger partial charge is 0.407 e. The molecule has 5 heteroatoms. The lowest BCUT2D eigenvalue weighted by molar-refractivity contribution is 0.0343. The summed E-state index contributed by atoms with van der Waals surface area (Å²) in [5, 5.41) is 0.697. The lowest BCUT2D eigenvalue weighted by Gasteiger charge is -2.33. The van der Waals surface area contributed by atoms with E-state index in [1.165, 1.54) is 0 Å². The van der Waals surface area contributed by atoms with Gasteiger partial charge in [0.25, 0.3) is 0 Å². The van der Waals surface area contributed by atoms with Crippen molar-refractivity contribution in [3.63, 3.8) is 0 Å². The lowest BCUT2D eigenvalue weighted by Crippen LogP contribution is -2.47. The Morgan fingerprint density at radius 2 is 1.95 bits per heavy atom. The minimum atomic E-state index is -0.328. The van der Waals surface area contributed by atoms with Crippen LogP contribution in [0, 0.1) is 5.41 Å². The van der Waals surface area contributed by atoms with Gasteiger partial charge in [-0.15, -0.1) is 0 Å². The first-order valence-corrected chi connectivity index (χ1v) is 7.36. The van der Waals surface area contributed by atoms with Gasteiger partial charge in [-0.3, -0.25) is 4.98 Å². The van der Waals surface area contributed by atoms with Crippen LogP contribution in [0.25, 0.3) is 11.1 Å². The average Bonchev–Trinajstić information content (AvgIpc) is 2.49. The number of aromatic nitrogens is 1. The van der Waals surface area contributed by atoms with E-state index in [0.29, 0.717) is 18.2 Å². The fraction of sp³-hybridized carbons (Fsp3) is 0.312. The van der Waals surface area contributed by atoms with Gasteiger partial charge in [0.05, 0.1) is 0 Å². The van der Waals surface area contributed by atoms with Gasteiger partial charge < -0.3 is 9.31 Å². The standard InChI is InChI=1S/C16H17BClNO2/c1-16(2)10-20-17(21-11-16)13-5-6-15(18)14(8-13)12-4-3-7-19-9-12/h3-9H,10-11H2,1-2H3. The average molecular weight is 302 g/mol. The lowest BCUT2D eigenvalue weighted by atomic mass is 9.75. The maximum atomic E-state index is 6.31. The van der Waals surface area contributed by atoms with Gasteiger partial charge in [0.2, 0.25) is 0 Å². The highest BCUT2D eigenvalue weighted by Crippen LogP contribution is 2.27. The van der Waals surface area contributed by atoms with Crippen LogP contribution in [-0.2, 0) is 9.31 Å². The van der Waals surface area contributed by atoms with Crippen molar-refractivity contribution in [2.24, 2.45) is 5.41 Å². The maximum Gasteiger partial charge on any atom is 0.493 e. The third-order valence-electron chi connectivity index (χ3n) is 3.49. The SMILES string of the molecule is CC1(C)COB(c2ccc(Cl)c(-c3cccnc3)c2)OC1. The summed E-state index contributed by atoms with van der Waals surface area (Å²) in [5.74, 6) is 0. The van der Waals surface area contributed by atoms with E-state index in [4.69, 9.17) is 20.9 Å². The normalized spacial score (nSPS) is 17.8. The van der Waals surface area contributed by atoms with E-state index < -0.39 is 0 Å². The highest BCUT2D eigenvalue weighted by molar-refractivity contribution is 6.61. The van der Waals surface area contributed by atoms with Crippen LogP contribution in [0.3, 0.4) is 0 Å². The van der Waals surface area contributed by atoms with Gasteiger partial charge in [-0.05, 0) is 17.6 Å². The molecule has 108 valence electrons. The molecule has 1 saturated heterocycles. The maximum absolute atomic E-state index is 6.31. The van der Waals surface area contributed by atoms with E-state index >= 15 is 0 Å². The number of hydrogen-bond acceptors (Lipinski definition) is 3. The summed E-state index contributed by atoms with van der Waals surface area (Å²) in [6.45, 7) is 5.63. The Morgan fingerprint density at radius 1 is 1.19 bits per heavy atom. The molecular formula is C16H17BClNO2. The van der Waals surface area contributed by atoms with Gasteiger partial charge in [-0.2, -0.15) is 0 Å². The molecule has 1 aromatic carbocycles. The fourth-order valence-corrected chi connectivity index (χ4v) is 2.54. The van der Waals surface area contributed by atoms with E-state index in [1.54, 1.807) is 12.4 Å². The molecule has 1 aliphatic rings. The second-order valence-electron chi connectivity index (χ2n) is 6.10. The van der Waals surface area contributed by atoms with Crippen LogP contribution in [0.1, 0.15) is 13.8 Å². The third-order valence-corrected chi connectivity index (χ3v) is 3.82. The Morgan fingerprint density at radius 3 is 2.62 bits per heavy atom. The minimum Gasteiger partial charge on any atom is -0.407 e. The zero-order valence-corrected chi connectivity index (χ0v) is 12.9. The van der Waals surface area contributed by atoms with Crippen LogP contribution in [0.15, 0.2) is 42.7 Å². The number of nitrogens with zero attached hydrogens (tertiary/aromatic N) is 1. The van der Waals surface area contributed by atoms with Crippen molar-refractivity contribution in [1.82, 2.24) is 4.98 Å². The monoisotopic (exact) mass is 301 g/mol. The molecule has 0 atom stereocenters.